The maximum atomic E-state index is 2.48. The summed E-state index contributed by atoms with van der Waals surface area (Å²) in [5.74, 6) is 3.83. The second kappa shape index (κ2) is 8.10. The molecular weight excluding hydrogens is 441 g/mol. The fraction of sp³-hybridized carbons (Fsp3) is 0.538. The molecule has 1 saturated heterocycles. The molecule has 3 aromatic heterocycles. The Morgan fingerprint density at radius 2 is 1.30 bits per heavy atom. The molecular formula is C26H30S4. The van der Waals surface area contributed by atoms with E-state index in [0.29, 0.717) is 0 Å². The van der Waals surface area contributed by atoms with Crippen LogP contribution in [0.4, 0.5) is 0 Å². The smallest absolute Gasteiger partial charge is 0.0449 e. The number of thiophene rings is 3. The standard InChI is InChI=1S/C26H30S4/c1-15-3-6-18-19-7-5-17(14-26(19)30-25(18)13-15)20-9-10-23(28-20)24-12-11-22(29-24)21-8-4-16(2)27-21/h4,8-12,15,17-19,25-26H,3,5-7,13-14H2,1-2H3. The molecule has 2 saturated carbocycles. The van der Waals surface area contributed by atoms with E-state index < -0.39 is 0 Å². The van der Waals surface area contributed by atoms with E-state index in [-0.39, 0.29) is 0 Å². The van der Waals surface area contributed by atoms with Crippen LogP contribution in [-0.2, 0) is 0 Å². The predicted molar refractivity (Wildman–Crippen MR) is 137 cm³/mol. The van der Waals surface area contributed by atoms with Crippen molar-refractivity contribution in [3.8, 4) is 19.5 Å². The molecule has 30 heavy (non-hydrogen) atoms. The van der Waals surface area contributed by atoms with Crippen LogP contribution in [-0.4, -0.2) is 10.5 Å². The molecule has 4 heteroatoms. The van der Waals surface area contributed by atoms with Gasteiger partial charge in [0.2, 0.25) is 0 Å². The molecule has 0 N–H and O–H groups in total. The monoisotopic (exact) mass is 470 g/mol. The molecule has 1 aliphatic heterocycles. The lowest BCUT2D eigenvalue weighted by atomic mass is 9.69. The summed E-state index contributed by atoms with van der Waals surface area (Å²) in [6.07, 6.45) is 8.81. The van der Waals surface area contributed by atoms with E-state index in [1.165, 1.54) is 62.9 Å². The summed E-state index contributed by atoms with van der Waals surface area (Å²) in [4.78, 5) is 8.78. The van der Waals surface area contributed by atoms with Crippen molar-refractivity contribution in [3.63, 3.8) is 0 Å². The highest BCUT2D eigenvalue weighted by atomic mass is 32.2. The molecule has 4 heterocycles. The van der Waals surface area contributed by atoms with Crippen molar-refractivity contribution in [1.82, 2.24) is 0 Å². The first-order valence-corrected chi connectivity index (χ1v) is 15.0. The van der Waals surface area contributed by atoms with E-state index in [1.807, 2.05) is 22.7 Å². The quantitative estimate of drug-likeness (QED) is 0.367. The number of rotatable bonds is 3. The van der Waals surface area contributed by atoms with Gasteiger partial charge < -0.3 is 0 Å². The van der Waals surface area contributed by atoms with Gasteiger partial charge in [-0.15, -0.1) is 34.0 Å². The second-order valence-corrected chi connectivity index (χ2v) is 14.7. The first-order valence-electron chi connectivity index (χ1n) is 11.6. The van der Waals surface area contributed by atoms with Gasteiger partial charge in [0.15, 0.2) is 0 Å². The highest BCUT2D eigenvalue weighted by molar-refractivity contribution is 8.00. The Kier molecular flexibility index (Phi) is 5.42. The van der Waals surface area contributed by atoms with Crippen LogP contribution in [0.25, 0.3) is 19.5 Å². The van der Waals surface area contributed by atoms with Gasteiger partial charge in [0.05, 0.1) is 0 Å². The summed E-state index contributed by atoms with van der Waals surface area (Å²) >= 11 is 8.33. The summed E-state index contributed by atoms with van der Waals surface area (Å²) in [5, 5.41) is 1.91. The van der Waals surface area contributed by atoms with Crippen LogP contribution in [0.1, 0.15) is 61.1 Å². The minimum absolute atomic E-state index is 0.800. The Morgan fingerprint density at radius 1 is 0.667 bits per heavy atom. The van der Waals surface area contributed by atoms with Crippen LogP contribution in [0.15, 0.2) is 36.4 Å². The minimum Gasteiger partial charge on any atom is -0.155 e. The molecule has 6 atom stereocenters. The van der Waals surface area contributed by atoms with Gasteiger partial charge in [0.1, 0.15) is 0 Å². The summed E-state index contributed by atoms with van der Waals surface area (Å²) in [5.41, 5.74) is 0. The molecule has 0 aromatic carbocycles. The summed E-state index contributed by atoms with van der Waals surface area (Å²) in [6, 6.07) is 14.0. The van der Waals surface area contributed by atoms with Crippen molar-refractivity contribution < 1.29 is 0 Å². The summed E-state index contributed by atoms with van der Waals surface area (Å²) in [6.45, 7) is 4.67. The van der Waals surface area contributed by atoms with Crippen molar-refractivity contribution in [1.29, 1.82) is 0 Å². The largest absolute Gasteiger partial charge is 0.155 e. The Bertz CT molecular complexity index is 1020. The van der Waals surface area contributed by atoms with Crippen LogP contribution in [0.5, 0.6) is 0 Å². The topological polar surface area (TPSA) is 0 Å². The van der Waals surface area contributed by atoms with Crippen molar-refractivity contribution in [3.05, 3.63) is 46.2 Å². The molecule has 6 rings (SSSR count). The molecule has 0 amide bonds. The third kappa shape index (κ3) is 3.66. The molecule has 2 aliphatic carbocycles. The number of hydrogen-bond donors (Lipinski definition) is 0. The SMILES string of the molecule is Cc1ccc(-c2ccc(-c3ccc(C4CCC5C(C4)SC4CC(C)CCC45)s3)s2)s1. The second-order valence-electron chi connectivity index (χ2n) is 9.75. The molecule has 0 bridgehead atoms. The Morgan fingerprint density at radius 3 is 2.07 bits per heavy atom. The third-order valence-corrected chi connectivity index (χ3v) is 13.2. The van der Waals surface area contributed by atoms with E-state index in [1.54, 1.807) is 4.88 Å². The number of aryl methyl sites for hydroxylation is 1. The first-order chi connectivity index (χ1) is 14.6. The lowest BCUT2D eigenvalue weighted by Crippen LogP contribution is -2.30. The lowest BCUT2D eigenvalue weighted by molar-refractivity contribution is 0.198. The molecule has 158 valence electrons. The maximum absolute atomic E-state index is 2.48. The number of hydrogen-bond acceptors (Lipinski definition) is 4. The van der Waals surface area contributed by atoms with Crippen LogP contribution >= 0.6 is 45.8 Å². The van der Waals surface area contributed by atoms with Crippen LogP contribution < -0.4 is 0 Å². The predicted octanol–water partition coefficient (Wildman–Crippen LogP) is 9.32. The highest BCUT2D eigenvalue weighted by Gasteiger charge is 2.48. The molecule has 6 unspecified atom stereocenters. The van der Waals surface area contributed by atoms with Crippen LogP contribution in [0.3, 0.4) is 0 Å². The molecule has 3 aliphatic rings. The molecule has 0 nitrogen and oxygen atoms in total. The van der Waals surface area contributed by atoms with Gasteiger partial charge in [-0.3, -0.25) is 0 Å². The third-order valence-electron chi connectivity index (χ3n) is 7.71. The van der Waals surface area contributed by atoms with Gasteiger partial charge in [-0.2, -0.15) is 11.8 Å². The van der Waals surface area contributed by atoms with Crippen molar-refractivity contribution >= 4 is 45.8 Å². The van der Waals surface area contributed by atoms with Crippen molar-refractivity contribution in [2.45, 2.75) is 68.8 Å². The molecule has 0 radical (unpaired) electrons. The van der Waals surface area contributed by atoms with E-state index in [9.17, 15) is 0 Å². The minimum atomic E-state index is 0.800. The molecule has 3 fully saturated rings. The van der Waals surface area contributed by atoms with Gasteiger partial charge in [0.25, 0.3) is 0 Å². The fourth-order valence-corrected chi connectivity index (χ4v) is 11.7. The van der Waals surface area contributed by atoms with E-state index >= 15 is 0 Å². The normalized spacial score (nSPS) is 33.4. The fourth-order valence-electron chi connectivity index (χ4n) is 6.15. The van der Waals surface area contributed by atoms with Crippen molar-refractivity contribution in [2.75, 3.05) is 0 Å². The van der Waals surface area contributed by atoms with E-state index in [0.717, 1.165) is 34.2 Å². The summed E-state index contributed by atoms with van der Waals surface area (Å²) < 4.78 is 0. The number of thioether (sulfide) groups is 1. The Balaban J connectivity index is 1.17. The Hall–Kier alpha value is -0.550. The maximum Gasteiger partial charge on any atom is 0.0449 e. The summed E-state index contributed by atoms with van der Waals surface area (Å²) in [7, 11) is 0. The van der Waals surface area contributed by atoms with Crippen LogP contribution in [0, 0.1) is 24.7 Å². The van der Waals surface area contributed by atoms with Gasteiger partial charge in [-0.25, -0.2) is 0 Å². The highest BCUT2D eigenvalue weighted by Crippen LogP contribution is 2.58. The van der Waals surface area contributed by atoms with Gasteiger partial charge >= 0.3 is 0 Å². The first kappa shape index (κ1) is 20.1. The van der Waals surface area contributed by atoms with Gasteiger partial charge in [-0.05, 0) is 99.1 Å². The zero-order chi connectivity index (χ0) is 20.2. The molecule has 0 spiro atoms. The average molecular weight is 471 g/mol. The van der Waals surface area contributed by atoms with Gasteiger partial charge in [0, 0.05) is 39.8 Å². The van der Waals surface area contributed by atoms with Gasteiger partial charge in [-0.1, -0.05) is 13.3 Å². The average Bonchev–Trinajstić information content (AvgIpc) is 3.51. The zero-order valence-corrected chi connectivity index (χ0v) is 21.1. The zero-order valence-electron chi connectivity index (χ0n) is 17.8. The van der Waals surface area contributed by atoms with Crippen molar-refractivity contribution in [2.24, 2.45) is 17.8 Å². The van der Waals surface area contributed by atoms with E-state index in [4.69, 9.17) is 0 Å². The lowest BCUT2D eigenvalue weighted by Gasteiger charge is -2.35. The van der Waals surface area contributed by atoms with E-state index in [2.05, 4.69) is 73.3 Å². The molecule has 3 aromatic rings. The van der Waals surface area contributed by atoms with Crippen LogP contribution in [0.2, 0.25) is 0 Å². The Labute approximate surface area is 197 Å². The number of fused-ring (bicyclic) bond motifs is 3.